The predicted octanol–water partition coefficient (Wildman–Crippen LogP) is 6.02. The first-order valence-corrected chi connectivity index (χ1v) is 11.3. The molecule has 0 unspecified atom stereocenters. The molecular weight excluding hydrogens is 451 g/mol. The average molecular weight is 472 g/mol. The Morgan fingerprint density at radius 1 is 1.03 bits per heavy atom. The van der Waals surface area contributed by atoms with Gasteiger partial charge in [-0.2, -0.15) is 30.0 Å². The lowest BCUT2D eigenvalue weighted by Gasteiger charge is -2.07. The molecule has 0 radical (unpaired) electrons. The summed E-state index contributed by atoms with van der Waals surface area (Å²) in [5.74, 6) is 2.24. The summed E-state index contributed by atoms with van der Waals surface area (Å²) < 4.78 is 44.2. The molecule has 0 bridgehead atoms. The molecule has 2 aromatic heterocycles. The minimum atomic E-state index is -4.41. The molecule has 0 fully saturated rings. The maximum absolute atomic E-state index is 13.0. The summed E-state index contributed by atoms with van der Waals surface area (Å²) in [4.78, 5) is 12.3. The Kier molecular flexibility index (Phi) is 6.88. The number of hydrogen-bond acceptors (Lipinski definition) is 4. The van der Waals surface area contributed by atoms with Gasteiger partial charge < -0.3 is 9.73 Å². The van der Waals surface area contributed by atoms with Crippen LogP contribution in [0.5, 0.6) is 0 Å². The number of furan rings is 1. The SMILES string of the molecule is O=C(NCCSCc1ccco1)c1ccc(-c2cc(-c3cccc(C(F)(F)F)c3)n[nH]2)cc1. The van der Waals surface area contributed by atoms with Crippen LogP contribution in [0.15, 0.2) is 77.4 Å². The number of carbonyl (C=O) groups is 1. The van der Waals surface area contributed by atoms with Crippen molar-refractivity contribution in [1.29, 1.82) is 0 Å². The Balaban J connectivity index is 1.34. The Morgan fingerprint density at radius 2 is 1.85 bits per heavy atom. The molecule has 33 heavy (non-hydrogen) atoms. The first-order chi connectivity index (χ1) is 15.9. The zero-order chi connectivity index (χ0) is 23.3. The standard InChI is InChI=1S/C24H20F3N3O2S/c25-24(26,27)19-4-1-3-18(13-19)22-14-21(29-30-22)16-6-8-17(9-7-16)23(31)28-10-12-33-15-20-5-2-11-32-20/h1-9,11,13-14H,10,12,15H2,(H,28,31)(H,29,30). The topological polar surface area (TPSA) is 70.9 Å². The minimum absolute atomic E-state index is 0.172. The van der Waals surface area contributed by atoms with Crippen molar-refractivity contribution in [2.75, 3.05) is 12.3 Å². The van der Waals surface area contributed by atoms with E-state index in [1.54, 1.807) is 54.4 Å². The van der Waals surface area contributed by atoms with E-state index >= 15 is 0 Å². The number of alkyl halides is 3. The molecule has 0 aliphatic carbocycles. The lowest BCUT2D eigenvalue weighted by Crippen LogP contribution is -2.25. The van der Waals surface area contributed by atoms with E-state index in [2.05, 4.69) is 15.5 Å². The van der Waals surface area contributed by atoms with E-state index in [9.17, 15) is 18.0 Å². The van der Waals surface area contributed by atoms with Crippen LogP contribution in [0, 0.1) is 0 Å². The second-order valence-corrected chi connectivity index (χ2v) is 8.32. The highest BCUT2D eigenvalue weighted by molar-refractivity contribution is 7.98. The molecule has 0 aliphatic heterocycles. The van der Waals surface area contributed by atoms with E-state index in [1.807, 2.05) is 12.1 Å². The van der Waals surface area contributed by atoms with Gasteiger partial charge in [0.2, 0.25) is 0 Å². The number of aromatic amines is 1. The van der Waals surface area contributed by atoms with Gasteiger partial charge in [0.25, 0.3) is 5.91 Å². The number of amides is 1. The first-order valence-electron chi connectivity index (χ1n) is 10.1. The van der Waals surface area contributed by atoms with Crippen LogP contribution in [-0.4, -0.2) is 28.4 Å². The summed E-state index contributed by atoms with van der Waals surface area (Å²) in [5.41, 5.74) is 1.99. The molecule has 170 valence electrons. The van der Waals surface area contributed by atoms with Crippen LogP contribution >= 0.6 is 11.8 Å². The number of hydrogen-bond donors (Lipinski definition) is 2. The zero-order valence-corrected chi connectivity index (χ0v) is 18.2. The van der Waals surface area contributed by atoms with E-state index in [0.717, 1.165) is 35.0 Å². The van der Waals surface area contributed by atoms with Crippen molar-refractivity contribution in [3.05, 3.63) is 89.9 Å². The Bertz CT molecular complexity index is 1200. The number of thioether (sulfide) groups is 1. The van der Waals surface area contributed by atoms with Crippen LogP contribution in [0.4, 0.5) is 13.2 Å². The third kappa shape index (κ3) is 5.87. The normalized spacial score (nSPS) is 11.5. The molecule has 0 aliphatic rings. The number of H-pyrrole nitrogens is 1. The van der Waals surface area contributed by atoms with Crippen molar-refractivity contribution in [3.63, 3.8) is 0 Å². The molecule has 0 saturated carbocycles. The first kappa shape index (κ1) is 22.7. The number of benzene rings is 2. The zero-order valence-electron chi connectivity index (χ0n) is 17.4. The van der Waals surface area contributed by atoms with Crippen molar-refractivity contribution >= 4 is 17.7 Å². The Labute approximate surface area is 192 Å². The monoisotopic (exact) mass is 471 g/mol. The van der Waals surface area contributed by atoms with E-state index in [4.69, 9.17) is 4.42 Å². The van der Waals surface area contributed by atoms with Crippen LogP contribution in [0.1, 0.15) is 21.7 Å². The van der Waals surface area contributed by atoms with Gasteiger partial charge in [-0.3, -0.25) is 9.89 Å². The number of nitrogens with zero attached hydrogens (tertiary/aromatic N) is 1. The van der Waals surface area contributed by atoms with Gasteiger partial charge in [-0.1, -0.05) is 24.3 Å². The highest BCUT2D eigenvalue weighted by Crippen LogP contribution is 2.32. The maximum Gasteiger partial charge on any atom is 0.416 e. The van der Waals surface area contributed by atoms with Gasteiger partial charge in [-0.05, 0) is 48.0 Å². The molecule has 4 rings (SSSR count). The molecule has 0 spiro atoms. The summed E-state index contributed by atoms with van der Waals surface area (Å²) in [7, 11) is 0. The fraction of sp³-hybridized carbons (Fsp3) is 0.167. The van der Waals surface area contributed by atoms with E-state index in [-0.39, 0.29) is 5.91 Å². The molecule has 5 nitrogen and oxygen atoms in total. The summed E-state index contributed by atoms with van der Waals surface area (Å²) in [6.07, 6.45) is -2.78. The highest BCUT2D eigenvalue weighted by Gasteiger charge is 2.30. The summed E-state index contributed by atoms with van der Waals surface area (Å²) in [6.45, 7) is 0.535. The molecule has 2 aromatic carbocycles. The predicted molar refractivity (Wildman–Crippen MR) is 122 cm³/mol. The second-order valence-electron chi connectivity index (χ2n) is 7.21. The Hall–Kier alpha value is -3.46. The van der Waals surface area contributed by atoms with Crippen LogP contribution < -0.4 is 5.32 Å². The molecule has 2 N–H and O–H groups in total. The molecular formula is C24H20F3N3O2S. The quantitative estimate of drug-likeness (QED) is 0.308. The molecule has 4 aromatic rings. The van der Waals surface area contributed by atoms with Crippen molar-refractivity contribution in [1.82, 2.24) is 15.5 Å². The van der Waals surface area contributed by atoms with Crippen molar-refractivity contribution in [2.45, 2.75) is 11.9 Å². The van der Waals surface area contributed by atoms with Gasteiger partial charge in [0.15, 0.2) is 0 Å². The summed E-state index contributed by atoms with van der Waals surface area (Å²) in [5, 5.41) is 9.86. The smallest absolute Gasteiger partial charge is 0.416 e. The van der Waals surface area contributed by atoms with Gasteiger partial charge in [0.1, 0.15) is 5.76 Å². The Morgan fingerprint density at radius 3 is 2.58 bits per heavy atom. The lowest BCUT2D eigenvalue weighted by molar-refractivity contribution is -0.137. The highest BCUT2D eigenvalue weighted by atomic mass is 32.2. The number of carbonyl (C=O) groups excluding carboxylic acids is 1. The molecule has 9 heteroatoms. The van der Waals surface area contributed by atoms with E-state index < -0.39 is 11.7 Å². The van der Waals surface area contributed by atoms with Gasteiger partial charge in [-0.15, -0.1) is 0 Å². The molecule has 0 saturated heterocycles. The number of rotatable bonds is 8. The van der Waals surface area contributed by atoms with Crippen molar-refractivity contribution < 1.29 is 22.4 Å². The minimum Gasteiger partial charge on any atom is -0.468 e. The molecule has 2 heterocycles. The third-order valence-electron chi connectivity index (χ3n) is 4.88. The van der Waals surface area contributed by atoms with Crippen LogP contribution in [0.3, 0.4) is 0 Å². The fourth-order valence-corrected chi connectivity index (χ4v) is 3.94. The van der Waals surface area contributed by atoms with Crippen molar-refractivity contribution in [3.8, 4) is 22.5 Å². The number of halogens is 3. The maximum atomic E-state index is 13.0. The van der Waals surface area contributed by atoms with Crippen LogP contribution in [-0.2, 0) is 11.9 Å². The van der Waals surface area contributed by atoms with Crippen LogP contribution in [0.25, 0.3) is 22.5 Å². The van der Waals surface area contributed by atoms with E-state index in [0.29, 0.717) is 29.1 Å². The summed E-state index contributed by atoms with van der Waals surface area (Å²) >= 11 is 1.67. The lowest BCUT2D eigenvalue weighted by atomic mass is 10.1. The van der Waals surface area contributed by atoms with Gasteiger partial charge in [0, 0.05) is 23.4 Å². The van der Waals surface area contributed by atoms with Crippen LogP contribution in [0.2, 0.25) is 0 Å². The number of aromatic nitrogens is 2. The van der Waals surface area contributed by atoms with E-state index in [1.165, 1.54) is 6.07 Å². The number of nitrogens with one attached hydrogen (secondary N) is 2. The van der Waals surface area contributed by atoms with Gasteiger partial charge in [-0.25, -0.2) is 0 Å². The van der Waals surface area contributed by atoms with Gasteiger partial charge in [0.05, 0.1) is 29.0 Å². The average Bonchev–Trinajstić information content (AvgIpc) is 3.51. The largest absolute Gasteiger partial charge is 0.468 e. The molecule has 1 amide bonds. The third-order valence-corrected chi connectivity index (χ3v) is 5.86. The summed E-state index contributed by atoms with van der Waals surface area (Å²) in [6, 6.07) is 17.4. The molecule has 0 atom stereocenters. The van der Waals surface area contributed by atoms with Crippen molar-refractivity contribution in [2.24, 2.45) is 0 Å². The van der Waals surface area contributed by atoms with Gasteiger partial charge >= 0.3 is 6.18 Å². The second kappa shape index (κ2) is 9.99. The fourth-order valence-electron chi connectivity index (χ4n) is 3.18.